The van der Waals surface area contributed by atoms with Crippen LogP contribution in [0.25, 0.3) is 0 Å². The van der Waals surface area contributed by atoms with Gasteiger partial charge in [0.1, 0.15) is 12.4 Å². The lowest BCUT2D eigenvalue weighted by atomic mass is 10.1. The molecule has 9 heteroatoms. The van der Waals surface area contributed by atoms with Crippen LogP contribution in [0, 0.1) is 0 Å². The van der Waals surface area contributed by atoms with Crippen LogP contribution in [0.2, 0.25) is 0 Å². The van der Waals surface area contributed by atoms with E-state index in [0.29, 0.717) is 12.3 Å². The maximum atomic E-state index is 11.7. The van der Waals surface area contributed by atoms with E-state index in [4.69, 9.17) is 9.47 Å². The lowest BCUT2D eigenvalue weighted by Crippen LogP contribution is -2.36. The topological polar surface area (TPSA) is 106 Å². The van der Waals surface area contributed by atoms with Crippen LogP contribution >= 0.6 is 0 Å². The standard InChI is InChI=1S/C16H25N3O5S/c1-25(21,22)18-10-9-17-16(20)19-13-5-7-14(8-6-13)24-12-15-4-2-3-11-23-15/h5-8,15,18H,2-4,9-12H2,1H3,(H2,17,19,20)/t15-/m1/s1. The molecule has 2 rings (SSSR count). The number of nitrogens with one attached hydrogen (secondary N) is 3. The van der Waals surface area contributed by atoms with Gasteiger partial charge in [-0.1, -0.05) is 0 Å². The van der Waals surface area contributed by atoms with Crippen LogP contribution in [0.1, 0.15) is 19.3 Å². The average Bonchev–Trinajstić information content (AvgIpc) is 2.58. The summed E-state index contributed by atoms with van der Waals surface area (Å²) in [5, 5.41) is 5.23. The van der Waals surface area contributed by atoms with Gasteiger partial charge in [0.25, 0.3) is 0 Å². The normalized spacial score (nSPS) is 17.7. The summed E-state index contributed by atoms with van der Waals surface area (Å²) in [6.45, 7) is 1.66. The molecule has 140 valence electrons. The molecule has 25 heavy (non-hydrogen) atoms. The van der Waals surface area contributed by atoms with Crippen molar-refractivity contribution in [2.45, 2.75) is 25.4 Å². The zero-order chi connectivity index (χ0) is 18.1. The molecule has 0 radical (unpaired) electrons. The van der Waals surface area contributed by atoms with Crippen LogP contribution in [0.5, 0.6) is 5.75 Å². The summed E-state index contributed by atoms with van der Waals surface area (Å²) < 4.78 is 35.4. The fraction of sp³-hybridized carbons (Fsp3) is 0.562. The summed E-state index contributed by atoms with van der Waals surface area (Å²) in [5.41, 5.74) is 0.620. The molecule has 1 aromatic carbocycles. The van der Waals surface area contributed by atoms with E-state index in [1.165, 1.54) is 6.42 Å². The van der Waals surface area contributed by atoms with E-state index in [9.17, 15) is 13.2 Å². The third-order valence-electron chi connectivity index (χ3n) is 3.60. The Labute approximate surface area is 148 Å². The van der Waals surface area contributed by atoms with Crippen molar-refractivity contribution >= 4 is 21.7 Å². The molecule has 0 unspecified atom stereocenters. The predicted molar refractivity (Wildman–Crippen MR) is 95.4 cm³/mol. The van der Waals surface area contributed by atoms with Gasteiger partial charge in [-0.2, -0.15) is 0 Å². The number of rotatable bonds is 8. The Hall–Kier alpha value is -1.84. The molecule has 1 aliphatic rings. The van der Waals surface area contributed by atoms with E-state index >= 15 is 0 Å². The van der Waals surface area contributed by atoms with Gasteiger partial charge >= 0.3 is 6.03 Å². The highest BCUT2D eigenvalue weighted by Crippen LogP contribution is 2.18. The molecule has 1 atom stereocenters. The number of hydrogen-bond donors (Lipinski definition) is 3. The number of carbonyl (C=O) groups is 1. The van der Waals surface area contributed by atoms with E-state index in [1.807, 2.05) is 0 Å². The largest absolute Gasteiger partial charge is 0.491 e. The van der Waals surface area contributed by atoms with Gasteiger partial charge in [-0.15, -0.1) is 0 Å². The predicted octanol–water partition coefficient (Wildman–Crippen LogP) is 1.31. The number of benzene rings is 1. The molecule has 1 heterocycles. The third-order valence-corrected chi connectivity index (χ3v) is 4.33. The summed E-state index contributed by atoms with van der Waals surface area (Å²) in [6.07, 6.45) is 4.53. The van der Waals surface area contributed by atoms with Crippen molar-refractivity contribution < 1.29 is 22.7 Å². The maximum absolute atomic E-state index is 11.7. The van der Waals surface area contributed by atoms with Crippen molar-refractivity contribution in [1.29, 1.82) is 0 Å². The second kappa shape index (κ2) is 9.59. The second-order valence-corrected chi connectivity index (χ2v) is 7.70. The average molecular weight is 371 g/mol. The Bertz CT molecular complexity index is 642. The number of anilines is 1. The SMILES string of the molecule is CS(=O)(=O)NCCNC(=O)Nc1ccc(OC[C@H]2CCCCO2)cc1. The van der Waals surface area contributed by atoms with Gasteiger partial charge in [0.05, 0.1) is 12.4 Å². The lowest BCUT2D eigenvalue weighted by Gasteiger charge is -2.22. The van der Waals surface area contributed by atoms with E-state index in [1.54, 1.807) is 24.3 Å². The van der Waals surface area contributed by atoms with Crippen LogP contribution in [0.4, 0.5) is 10.5 Å². The van der Waals surface area contributed by atoms with Gasteiger partial charge < -0.3 is 20.1 Å². The highest BCUT2D eigenvalue weighted by molar-refractivity contribution is 7.88. The molecule has 8 nitrogen and oxygen atoms in total. The molecule has 1 fully saturated rings. The number of carbonyl (C=O) groups excluding carboxylic acids is 1. The van der Waals surface area contributed by atoms with Crippen molar-refractivity contribution in [2.24, 2.45) is 0 Å². The number of urea groups is 1. The molecule has 1 aromatic rings. The molecule has 1 aliphatic heterocycles. The first kappa shape index (κ1) is 19.5. The van der Waals surface area contributed by atoms with Gasteiger partial charge in [-0.25, -0.2) is 17.9 Å². The van der Waals surface area contributed by atoms with Crippen molar-refractivity contribution in [2.75, 3.05) is 37.9 Å². The van der Waals surface area contributed by atoms with Gasteiger partial charge in [0, 0.05) is 25.4 Å². The zero-order valence-corrected chi connectivity index (χ0v) is 15.1. The molecule has 0 spiro atoms. The van der Waals surface area contributed by atoms with Crippen molar-refractivity contribution in [1.82, 2.24) is 10.0 Å². The molecule has 0 aromatic heterocycles. The highest BCUT2D eigenvalue weighted by atomic mass is 32.2. The Kier molecular flexibility index (Phi) is 7.48. The second-order valence-electron chi connectivity index (χ2n) is 5.87. The molecule has 0 aliphatic carbocycles. The lowest BCUT2D eigenvalue weighted by molar-refractivity contribution is -0.0110. The monoisotopic (exact) mass is 371 g/mol. The molecular weight excluding hydrogens is 346 g/mol. The minimum atomic E-state index is -3.24. The number of ether oxygens (including phenoxy) is 2. The Morgan fingerprint density at radius 3 is 2.64 bits per heavy atom. The van der Waals surface area contributed by atoms with E-state index in [-0.39, 0.29) is 19.2 Å². The van der Waals surface area contributed by atoms with Crippen molar-refractivity contribution in [3.8, 4) is 5.75 Å². The molecule has 3 N–H and O–H groups in total. The summed E-state index contributed by atoms with van der Waals surface area (Å²) in [5.74, 6) is 0.720. The first-order valence-electron chi connectivity index (χ1n) is 8.26. The van der Waals surface area contributed by atoms with Gasteiger partial charge in [-0.3, -0.25) is 0 Å². The highest BCUT2D eigenvalue weighted by Gasteiger charge is 2.14. The molecule has 0 bridgehead atoms. The molecular formula is C16H25N3O5S. The summed E-state index contributed by atoms with van der Waals surface area (Å²) in [6, 6.07) is 6.64. The zero-order valence-electron chi connectivity index (χ0n) is 14.3. The minimum Gasteiger partial charge on any atom is -0.491 e. The Morgan fingerprint density at radius 1 is 1.24 bits per heavy atom. The van der Waals surface area contributed by atoms with Crippen LogP contribution < -0.4 is 20.1 Å². The van der Waals surface area contributed by atoms with Gasteiger partial charge in [0.15, 0.2) is 0 Å². The maximum Gasteiger partial charge on any atom is 0.319 e. The number of sulfonamides is 1. The van der Waals surface area contributed by atoms with Crippen LogP contribution in [0.3, 0.4) is 0 Å². The summed E-state index contributed by atoms with van der Waals surface area (Å²) >= 11 is 0. The van der Waals surface area contributed by atoms with Gasteiger partial charge in [-0.05, 0) is 43.5 Å². The Balaban J connectivity index is 1.67. The number of amides is 2. The summed E-state index contributed by atoms with van der Waals surface area (Å²) in [7, 11) is -3.24. The van der Waals surface area contributed by atoms with Crippen LogP contribution in [-0.4, -0.2) is 53.1 Å². The third kappa shape index (κ3) is 8.19. The molecule has 2 amide bonds. The molecule has 1 saturated heterocycles. The van der Waals surface area contributed by atoms with Crippen molar-refractivity contribution in [3.05, 3.63) is 24.3 Å². The van der Waals surface area contributed by atoms with Crippen LogP contribution in [-0.2, 0) is 14.8 Å². The quantitative estimate of drug-likeness (QED) is 0.598. The Morgan fingerprint density at radius 2 is 2.00 bits per heavy atom. The minimum absolute atomic E-state index is 0.141. The van der Waals surface area contributed by atoms with Crippen molar-refractivity contribution in [3.63, 3.8) is 0 Å². The fourth-order valence-corrected chi connectivity index (χ4v) is 2.82. The first-order valence-corrected chi connectivity index (χ1v) is 10.2. The van der Waals surface area contributed by atoms with E-state index in [2.05, 4.69) is 15.4 Å². The molecule has 0 saturated carbocycles. The summed E-state index contributed by atoms with van der Waals surface area (Å²) in [4.78, 5) is 11.7. The van der Waals surface area contributed by atoms with Crippen LogP contribution in [0.15, 0.2) is 24.3 Å². The van der Waals surface area contributed by atoms with Gasteiger partial charge in [0.2, 0.25) is 10.0 Å². The fourth-order valence-electron chi connectivity index (χ4n) is 2.35. The first-order chi connectivity index (χ1) is 11.9. The smallest absolute Gasteiger partial charge is 0.319 e. The van der Waals surface area contributed by atoms with E-state index in [0.717, 1.165) is 31.5 Å². The number of hydrogen-bond acceptors (Lipinski definition) is 5. The van der Waals surface area contributed by atoms with E-state index < -0.39 is 16.1 Å².